The minimum Gasteiger partial charge on any atom is -0.369 e. The van der Waals surface area contributed by atoms with Gasteiger partial charge in [0, 0.05) is 68.3 Å². The molecular weight excluding hydrogens is 344 g/mol. The number of hydrogen-bond acceptors (Lipinski definition) is 4. The Morgan fingerprint density at radius 2 is 1.77 bits per heavy atom. The van der Waals surface area contributed by atoms with E-state index in [1.165, 1.54) is 36.5 Å². The number of halogens is 1. The zero-order valence-electron chi connectivity index (χ0n) is 15.3. The molecule has 1 saturated heterocycles. The van der Waals surface area contributed by atoms with E-state index in [1.807, 2.05) is 18.3 Å². The lowest BCUT2D eigenvalue weighted by Crippen LogP contribution is -2.47. The highest BCUT2D eigenvalue weighted by atomic mass is 35.5. The van der Waals surface area contributed by atoms with Gasteiger partial charge in [0.1, 0.15) is 0 Å². The maximum absolute atomic E-state index is 6.12. The van der Waals surface area contributed by atoms with Crippen LogP contribution < -0.4 is 4.90 Å². The topological polar surface area (TPSA) is 22.6 Å². The predicted molar refractivity (Wildman–Crippen MR) is 108 cm³/mol. The monoisotopic (exact) mass is 370 g/mol. The van der Waals surface area contributed by atoms with Crippen molar-refractivity contribution in [2.45, 2.75) is 19.4 Å². The van der Waals surface area contributed by atoms with Crippen molar-refractivity contribution in [3.8, 4) is 0 Å². The Kier molecular flexibility index (Phi) is 5.73. The molecule has 0 unspecified atom stereocenters. The van der Waals surface area contributed by atoms with Crippen molar-refractivity contribution in [2.75, 3.05) is 50.7 Å². The van der Waals surface area contributed by atoms with E-state index in [0.29, 0.717) is 0 Å². The third kappa shape index (κ3) is 4.37. The fraction of sp³-hybridized carbons (Fsp3) is 0.476. The van der Waals surface area contributed by atoms with Gasteiger partial charge in [-0.1, -0.05) is 23.7 Å². The number of aromatic nitrogens is 1. The van der Waals surface area contributed by atoms with Crippen LogP contribution in [0.2, 0.25) is 5.02 Å². The SMILES string of the molecule is Clc1cccc(N2CCN(CCCN3CCc4ncccc4C3)CC2)c1. The molecule has 0 amide bonds. The molecule has 3 heterocycles. The average Bonchev–Trinajstić information content (AvgIpc) is 2.68. The van der Waals surface area contributed by atoms with Gasteiger partial charge in [0.25, 0.3) is 0 Å². The number of hydrogen-bond donors (Lipinski definition) is 0. The van der Waals surface area contributed by atoms with E-state index in [0.717, 1.165) is 50.7 Å². The summed E-state index contributed by atoms with van der Waals surface area (Å²) in [5, 5.41) is 0.822. The standard InChI is InChI=1S/C21H27ClN4/c22-19-5-1-6-20(16-19)26-14-12-24(13-15-26)9-3-10-25-11-7-21-18(17-25)4-2-8-23-21/h1-2,4-6,8,16H,3,7,9-15,17H2. The summed E-state index contributed by atoms with van der Waals surface area (Å²) < 4.78 is 0. The molecule has 2 aliphatic heterocycles. The zero-order chi connectivity index (χ0) is 17.8. The Morgan fingerprint density at radius 3 is 2.62 bits per heavy atom. The van der Waals surface area contributed by atoms with E-state index in [4.69, 9.17) is 11.6 Å². The van der Waals surface area contributed by atoms with E-state index in [9.17, 15) is 0 Å². The summed E-state index contributed by atoms with van der Waals surface area (Å²) in [5.41, 5.74) is 3.95. The Balaban J connectivity index is 1.19. The first-order valence-electron chi connectivity index (χ1n) is 9.66. The van der Waals surface area contributed by atoms with Crippen LogP contribution in [0.5, 0.6) is 0 Å². The second kappa shape index (κ2) is 8.38. The molecule has 1 fully saturated rings. The molecule has 4 rings (SSSR count). The van der Waals surface area contributed by atoms with E-state index in [2.05, 4.69) is 43.9 Å². The minimum atomic E-state index is 0.822. The van der Waals surface area contributed by atoms with Gasteiger partial charge in [0.05, 0.1) is 0 Å². The van der Waals surface area contributed by atoms with Crippen molar-refractivity contribution in [3.05, 3.63) is 58.9 Å². The lowest BCUT2D eigenvalue weighted by molar-refractivity contribution is 0.209. The number of nitrogens with zero attached hydrogens (tertiary/aromatic N) is 4. The molecule has 0 N–H and O–H groups in total. The van der Waals surface area contributed by atoms with E-state index < -0.39 is 0 Å². The first-order chi connectivity index (χ1) is 12.8. The number of anilines is 1. The van der Waals surface area contributed by atoms with Crippen molar-refractivity contribution in [1.82, 2.24) is 14.8 Å². The van der Waals surface area contributed by atoms with Crippen LogP contribution >= 0.6 is 11.6 Å². The van der Waals surface area contributed by atoms with Gasteiger partial charge in [-0.2, -0.15) is 0 Å². The lowest BCUT2D eigenvalue weighted by atomic mass is 10.1. The van der Waals surface area contributed by atoms with Crippen molar-refractivity contribution >= 4 is 17.3 Å². The molecule has 26 heavy (non-hydrogen) atoms. The summed E-state index contributed by atoms with van der Waals surface area (Å²) in [5.74, 6) is 0. The molecule has 2 aliphatic rings. The van der Waals surface area contributed by atoms with E-state index >= 15 is 0 Å². The summed E-state index contributed by atoms with van der Waals surface area (Å²) in [7, 11) is 0. The molecule has 5 heteroatoms. The highest BCUT2D eigenvalue weighted by molar-refractivity contribution is 6.30. The highest BCUT2D eigenvalue weighted by Gasteiger charge is 2.19. The molecule has 2 aromatic rings. The maximum atomic E-state index is 6.12. The smallest absolute Gasteiger partial charge is 0.0461 e. The molecule has 0 spiro atoms. The summed E-state index contributed by atoms with van der Waals surface area (Å²) in [6, 6.07) is 12.5. The fourth-order valence-electron chi connectivity index (χ4n) is 4.04. The molecule has 4 nitrogen and oxygen atoms in total. The van der Waals surface area contributed by atoms with Crippen LogP contribution in [-0.4, -0.2) is 60.6 Å². The average molecular weight is 371 g/mol. The van der Waals surface area contributed by atoms with Gasteiger partial charge in [-0.25, -0.2) is 0 Å². The molecule has 0 bridgehead atoms. The molecule has 0 radical (unpaired) electrons. The summed E-state index contributed by atoms with van der Waals surface area (Å²) in [4.78, 5) is 12.1. The third-order valence-corrected chi connectivity index (χ3v) is 5.77. The van der Waals surface area contributed by atoms with Crippen LogP contribution in [0.3, 0.4) is 0 Å². The van der Waals surface area contributed by atoms with Crippen molar-refractivity contribution in [2.24, 2.45) is 0 Å². The summed E-state index contributed by atoms with van der Waals surface area (Å²) in [6.07, 6.45) is 4.25. The Morgan fingerprint density at radius 1 is 0.923 bits per heavy atom. The van der Waals surface area contributed by atoms with Crippen LogP contribution in [0.1, 0.15) is 17.7 Å². The van der Waals surface area contributed by atoms with Crippen LogP contribution in [0, 0.1) is 0 Å². The Labute approximate surface area is 161 Å². The number of pyridine rings is 1. The lowest BCUT2D eigenvalue weighted by Gasteiger charge is -2.36. The normalized spacial score (nSPS) is 18.7. The maximum Gasteiger partial charge on any atom is 0.0461 e. The van der Waals surface area contributed by atoms with Gasteiger partial charge in [0.2, 0.25) is 0 Å². The highest BCUT2D eigenvalue weighted by Crippen LogP contribution is 2.21. The van der Waals surface area contributed by atoms with Crippen LogP contribution in [0.25, 0.3) is 0 Å². The fourth-order valence-corrected chi connectivity index (χ4v) is 4.22. The van der Waals surface area contributed by atoms with Crippen molar-refractivity contribution in [3.63, 3.8) is 0 Å². The van der Waals surface area contributed by atoms with Gasteiger partial charge >= 0.3 is 0 Å². The van der Waals surface area contributed by atoms with Crippen LogP contribution in [0.4, 0.5) is 5.69 Å². The molecule has 0 aliphatic carbocycles. The first kappa shape index (κ1) is 17.8. The van der Waals surface area contributed by atoms with Gasteiger partial charge in [-0.3, -0.25) is 14.8 Å². The van der Waals surface area contributed by atoms with Crippen molar-refractivity contribution in [1.29, 1.82) is 0 Å². The number of benzene rings is 1. The Bertz CT molecular complexity index is 727. The largest absolute Gasteiger partial charge is 0.369 e. The van der Waals surface area contributed by atoms with E-state index in [-0.39, 0.29) is 0 Å². The van der Waals surface area contributed by atoms with Crippen molar-refractivity contribution < 1.29 is 0 Å². The second-order valence-electron chi connectivity index (χ2n) is 7.30. The minimum absolute atomic E-state index is 0.822. The Hall–Kier alpha value is -1.62. The molecule has 0 saturated carbocycles. The van der Waals surface area contributed by atoms with Gasteiger partial charge in [0.15, 0.2) is 0 Å². The molecular formula is C21H27ClN4. The molecule has 1 aromatic carbocycles. The van der Waals surface area contributed by atoms with Gasteiger partial charge in [-0.05, 0) is 49.3 Å². The number of rotatable bonds is 5. The second-order valence-corrected chi connectivity index (χ2v) is 7.73. The van der Waals surface area contributed by atoms with Gasteiger partial charge in [-0.15, -0.1) is 0 Å². The first-order valence-corrected chi connectivity index (χ1v) is 10.0. The van der Waals surface area contributed by atoms with Gasteiger partial charge < -0.3 is 4.90 Å². The number of piperazine rings is 1. The summed E-state index contributed by atoms with van der Waals surface area (Å²) in [6.45, 7) is 9.03. The summed E-state index contributed by atoms with van der Waals surface area (Å²) >= 11 is 6.12. The quantitative estimate of drug-likeness (QED) is 0.805. The van der Waals surface area contributed by atoms with Crippen LogP contribution in [0.15, 0.2) is 42.6 Å². The predicted octanol–water partition coefficient (Wildman–Crippen LogP) is 3.31. The number of fused-ring (bicyclic) bond motifs is 1. The third-order valence-electron chi connectivity index (χ3n) is 5.54. The van der Waals surface area contributed by atoms with Crippen LogP contribution in [-0.2, 0) is 13.0 Å². The molecule has 1 aromatic heterocycles. The zero-order valence-corrected chi connectivity index (χ0v) is 16.0. The van der Waals surface area contributed by atoms with E-state index in [1.54, 1.807) is 0 Å². The molecule has 0 atom stereocenters. The molecule has 138 valence electrons.